The van der Waals surface area contributed by atoms with Crippen LogP contribution in [-0.2, 0) is 0 Å². The molecule has 2 aromatic carbocycles. The topological polar surface area (TPSA) is 57.6 Å². The van der Waals surface area contributed by atoms with E-state index in [4.69, 9.17) is 0 Å². The van der Waals surface area contributed by atoms with Crippen LogP contribution in [0.15, 0.2) is 42.5 Å². The number of halogens is 1. The summed E-state index contributed by atoms with van der Waals surface area (Å²) in [5.41, 5.74) is 0.303. The van der Waals surface area contributed by atoms with Gasteiger partial charge in [0.15, 0.2) is 0 Å². The van der Waals surface area contributed by atoms with Crippen molar-refractivity contribution in [3.05, 3.63) is 59.4 Å². The summed E-state index contributed by atoms with van der Waals surface area (Å²) in [7, 11) is 1.64. The van der Waals surface area contributed by atoms with Crippen molar-refractivity contribution in [3.8, 4) is 11.1 Å². The fourth-order valence-electron chi connectivity index (χ4n) is 2.39. The minimum Gasteiger partial charge on any atom is -0.478 e. The number of hydrogen-bond donors (Lipinski definition) is 1. The number of carboxylic acids is 1. The van der Waals surface area contributed by atoms with Crippen LogP contribution in [-0.4, -0.2) is 35.5 Å². The minimum atomic E-state index is -1.40. The number of carbonyl (C=O) groups is 2. The lowest BCUT2D eigenvalue weighted by Crippen LogP contribution is -2.27. The summed E-state index contributed by atoms with van der Waals surface area (Å²) in [6.07, 6.45) is 0.779. The summed E-state index contributed by atoms with van der Waals surface area (Å²) in [6, 6.07) is 11.1. The van der Waals surface area contributed by atoms with Gasteiger partial charge in [-0.05, 0) is 24.1 Å². The Morgan fingerprint density at radius 1 is 1.17 bits per heavy atom. The molecule has 23 heavy (non-hydrogen) atoms. The van der Waals surface area contributed by atoms with E-state index in [2.05, 4.69) is 0 Å². The molecule has 0 spiro atoms. The Morgan fingerprint density at radius 2 is 1.83 bits per heavy atom. The Labute approximate surface area is 134 Å². The molecule has 0 radical (unpaired) electrons. The summed E-state index contributed by atoms with van der Waals surface area (Å²) in [5.74, 6) is -2.56. The number of nitrogens with zero attached hydrogens (tertiary/aromatic N) is 1. The zero-order valence-electron chi connectivity index (χ0n) is 13.0. The molecule has 0 heterocycles. The van der Waals surface area contributed by atoms with Crippen LogP contribution in [0.4, 0.5) is 4.39 Å². The van der Waals surface area contributed by atoms with Gasteiger partial charge < -0.3 is 10.0 Å². The molecule has 120 valence electrons. The van der Waals surface area contributed by atoms with Crippen LogP contribution in [0.25, 0.3) is 11.1 Å². The van der Waals surface area contributed by atoms with Crippen LogP contribution in [0.3, 0.4) is 0 Å². The molecule has 0 bridgehead atoms. The maximum Gasteiger partial charge on any atom is 0.338 e. The van der Waals surface area contributed by atoms with Gasteiger partial charge in [-0.25, -0.2) is 9.18 Å². The van der Waals surface area contributed by atoms with Crippen molar-refractivity contribution in [1.82, 2.24) is 4.90 Å². The van der Waals surface area contributed by atoms with E-state index < -0.39 is 17.3 Å². The van der Waals surface area contributed by atoms with Crippen molar-refractivity contribution in [2.75, 3.05) is 13.6 Å². The molecular formula is C18H18FNO3. The molecule has 0 aliphatic rings. The maximum absolute atomic E-state index is 14.5. The Balaban J connectivity index is 2.59. The quantitative estimate of drug-likeness (QED) is 0.916. The lowest BCUT2D eigenvalue weighted by Gasteiger charge is -2.17. The Morgan fingerprint density at radius 3 is 2.39 bits per heavy atom. The molecule has 0 atom stereocenters. The van der Waals surface area contributed by atoms with E-state index in [0.29, 0.717) is 12.1 Å². The van der Waals surface area contributed by atoms with Gasteiger partial charge in [-0.2, -0.15) is 0 Å². The molecule has 4 nitrogen and oxygen atoms in total. The third-order valence-electron chi connectivity index (χ3n) is 3.54. The van der Waals surface area contributed by atoms with E-state index in [1.54, 1.807) is 37.4 Å². The van der Waals surface area contributed by atoms with E-state index in [0.717, 1.165) is 12.5 Å². The fourth-order valence-corrected chi connectivity index (χ4v) is 2.39. The Kier molecular flexibility index (Phi) is 5.11. The van der Waals surface area contributed by atoms with E-state index in [9.17, 15) is 19.1 Å². The van der Waals surface area contributed by atoms with E-state index in [1.165, 1.54) is 11.0 Å². The van der Waals surface area contributed by atoms with Crippen molar-refractivity contribution in [2.24, 2.45) is 0 Å². The van der Waals surface area contributed by atoms with Gasteiger partial charge in [0.25, 0.3) is 5.91 Å². The highest BCUT2D eigenvalue weighted by Gasteiger charge is 2.21. The van der Waals surface area contributed by atoms with Crippen LogP contribution in [0.1, 0.15) is 34.1 Å². The molecule has 2 aromatic rings. The minimum absolute atomic E-state index is 0.110. The van der Waals surface area contributed by atoms with Gasteiger partial charge >= 0.3 is 5.97 Å². The maximum atomic E-state index is 14.5. The van der Waals surface area contributed by atoms with Gasteiger partial charge in [0, 0.05) is 24.7 Å². The van der Waals surface area contributed by atoms with Gasteiger partial charge in [-0.3, -0.25) is 4.79 Å². The highest BCUT2D eigenvalue weighted by Crippen LogP contribution is 2.27. The zero-order chi connectivity index (χ0) is 17.0. The molecule has 0 aliphatic carbocycles. The van der Waals surface area contributed by atoms with Crippen LogP contribution >= 0.6 is 0 Å². The molecule has 1 amide bonds. The van der Waals surface area contributed by atoms with Crippen LogP contribution in [0, 0.1) is 5.82 Å². The second-order valence-electron chi connectivity index (χ2n) is 5.28. The first kappa shape index (κ1) is 16.7. The average Bonchev–Trinajstić information content (AvgIpc) is 2.55. The number of benzene rings is 2. The molecule has 0 unspecified atom stereocenters. The highest BCUT2D eigenvalue weighted by molar-refractivity contribution is 5.99. The predicted octanol–water partition coefficient (Wildman–Crippen LogP) is 3.67. The van der Waals surface area contributed by atoms with Crippen LogP contribution < -0.4 is 0 Å². The summed E-state index contributed by atoms with van der Waals surface area (Å²) < 4.78 is 14.5. The molecule has 5 heteroatoms. The number of aromatic carboxylic acids is 1. The van der Waals surface area contributed by atoms with Crippen LogP contribution in [0.2, 0.25) is 0 Å². The van der Waals surface area contributed by atoms with Gasteiger partial charge in [0.1, 0.15) is 5.82 Å². The Hall–Kier alpha value is -2.69. The van der Waals surface area contributed by atoms with Crippen molar-refractivity contribution in [2.45, 2.75) is 13.3 Å². The molecule has 0 fully saturated rings. The summed E-state index contributed by atoms with van der Waals surface area (Å²) in [6.45, 7) is 2.48. The van der Waals surface area contributed by atoms with E-state index in [1.807, 2.05) is 6.92 Å². The molecule has 0 saturated heterocycles. The van der Waals surface area contributed by atoms with Crippen molar-refractivity contribution in [3.63, 3.8) is 0 Å². The first-order valence-electron chi connectivity index (χ1n) is 7.33. The fraction of sp³-hybridized carbons (Fsp3) is 0.222. The van der Waals surface area contributed by atoms with Gasteiger partial charge in [-0.15, -0.1) is 0 Å². The van der Waals surface area contributed by atoms with E-state index >= 15 is 0 Å². The SMILES string of the molecule is CCCN(C)C(=O)c1cc(C(=O)O)c(F)c(-c2ccccc2)c1. The number of hydrogen-bond acceptors (Lipinski definition) is 2. The first-order chi connectivity index (χ1) is 11.0. The third-order valence-corrected chi connectivity index (χ3v) is 3.54. The second-order valence-corrected chi connectivity index (χ2v) is 5.28. The number of carboxylic acid groups (broad SMARTS) is 1. The molecule has 1 N–H and O–H groups in total. The third kappa shape index (κ3) is 3.56. The smallest absolute Gasteiger partial charge is 0.338 e. The Bertz CT molecular complexity index is 729. The predicted molar refractivity (Wildman–Crippen MR) is 86.0 cm³/mol. The van der Waals surface area contributed by atoms with Gasteiger partial charge in [-0.1, -0.05) is 37.3 Å². The molecular weight excluding hydrogens is 297 g/mol. The van der Waals surface area contributed by atoms with Crippen molar-refractivity contribution in [1.29, 1.82) is 0 Å². The standard InChI is InChI=1S/C18H18FNO3/c1-3-9-20(2)17(21)13-10-14(12-7-5-4-6-8-12)16(19)15(11-13)18(22)23/h4-8,10-11H,3,9H2,1-2H3,(H,22,23). The normalized spacial score (nSPS) is 10.4. The highest BCUT2D eigenvalue weighted by atomic mass is 19.1. The first-order valence-corrected chi connectivity index (χ1v) is 7.33. The van der Waals surface area contributed by atoms with Crippen molar-refractivity contribution < 1.29 is 19.1 Å². The summed E-state index contributed by atoms with van der Waals surface area (Å²) >= 11 is 0. The number of amides is 1. The molecule has 0 aliphatic heterocycles. The second kappa shape index (κ2) is 7.05. The lowest BCUT2D eigenvalue weighted by atomic mass is 9.98. The molecule has 0 saturated carbocycles. The monoisotopic (exact) mass is 315 g/mol. The zero-order valence-corrected chi connectivity index (χ0v) is 13.0. The van der Waals surface area contributed by atoms with E-state index in [-0.39, 0.29) is 17.0 Å². The molecule has 2 rings (SSSR count). The number of rotatable bonds is 5. The largest absolute Gasteiger partial charge is 0.478 e. The van der Waals surface area contributed by atoms with Crippen molar-refractivity contribution >= 4 is 11.9 Å². The van der Waals surface area contributed by atoms with Gasteiger partial charge in [0.2, 0.25) is 0 Å². The summed E-state index contributed by atoms with van der Waals surface area (Å²) in [4.78, 5) is 25.2. The lowest BCUT2D eigenvalue weighted by molar-refractivity contribution is 0.0692. The number of carbonyl (C=O) groups excluding carboxylic acids is 1. The van der Waals surface area contributed by atoms with Gasteiger partial charge in [0.05, 0.1) is 5.56 Å². The van der Waals surface area contributed by atoms with Crippen LogP contribution in [0.5, 0.6) is 0 Å². The summed E-state index contributed by atoms with van der Waals surface area (Å²) in [5, 5.41) is 9.22. The average molecular weight is 315 g/mol. The molecule has 0 aromatic heterocycles.